The molecule has 0 saturated carbocycles. The van der Waals surface area contributed by atoms with Crippen molar-refractivity contribution in [1.29, 1.82) is 0 Å². The third-order valence-electron chi connectivity index (χ3n) is 1.81. The van der Waals surface area contributed by atoms with Crippen LogP contribution in [-0.4, -0.2) is 60.8 Å². The molecule has 0 aliphatic rings. The second-order valence-corrected chi connectivity index (χ2v) is 5.36. The van der Waals surface area contributed by atoms with Crippen LogP contribution in [0.3, 0.4) is 0 Å². The Hall–Kier alpha value is -1.03. The maximum absolute atomic E-state index is 11.3. The molecule has 2 atom stereocenters. The van der Waals surface area contributed by atoms with Crippen LogP contribution < -0.4 is 4.89 Å². The summed E-state index contributed by atoms with van der Waals surface area (Å²) >= 11 is 0. The molecule has 0 aliphatic heterocycles. The number of rotatable bonds is 10. The van der Waals surface area contributed by atoms with Crippen molar-refractivity contribution < 1.29 is 47.8 Å². The van der Waals surface area contributed by atoms with E-state index in [0.29, 0.717) is 0 Å². The lowest BCUT2D eigenvalue weighted by Crippen LogP contribution is -2.26. The highest BCUT2D eigenvalue weighted by Crippen LogP contribution is 2.38. The van der Waals surface area contributed by atoms with E-state index in [1.54, 1.807) is 0 Å². The molecule has 10 nitrogen and oxygen atoms in total. The van der Waals surface area contributed by atoms with Crippen molar-refractivity contribution in [1.82, 2.24) is 0 Å². The largest absolute Gasteiger partial charge is 0.756 e. The first kappa shape index (κ1) is 20.0. The molecule has 0 fully saturated rings. The van der Waals surface area contributed by atoms with E-state index in [2.05, 4.69) is 18.5 Å². The van der Waals surface area contributed by atoms with Crippen molar-refractivity contribution in [2.45, 2.75) is 26.1 Å². The summed E-state index contributed by atoms with van der Waals surface area (Å²) in [6.07, 6.45) is -2.68. The van der Waals surface area contributed by atoms with Gasteiger partial charge in [-0.3, -0.25) is 14.2 Å². The van der Waals surface area contributed by atoms with Gasteiger partial charge in [0.15, 0.2) is 0 Å². The van der Waals surface area contributed by atoms with Gasteiger partial charge in [-0.15, -0.1) is 0 Å². The molecule has 0 rings (SSSR count). The van der Waals surface area contributed by atoms with Crippen LogP contribution in [0.15, 0.2) is 0 Å². The number of hydrogen-bond acceptors (Lipinski definition) is 10. The number of aliphatic hydroxyl groups excluding tert-OH is 2. The zero-order chi connectivity index (χ0) is 16.5. The smallest absolute Gasteiger partial charge is 0.302 e. The SMILES string of the molecule is CC(=O)OCC(O)COP(=O)([O-])OCC(O)COC(C)=O. The molecule has 11 heteroatoms. The van der Waals surface area contributed by atoms with E-state index in [9.17, 15) is 29.3 Å². The summed E-state index contributed by atoms with van der Waals surface area (Å²) in [6.45, 7) is 0.0520. The van der Waals surface area contributed by atoms with Gasteiger partial charge in [0, 0.05) is 13.8 Å². The molecular formula is C10H18O10P-. The van der Waals surface area contributed by atoms with E-state index in [1.165, 1.54) is 0 Å². The molecule has 21 heavy (non-hydrogen) atoms. The maximum atomic E-state index is 11.3. The van der Waals surface area contributed by atoms with Crippen molar-refractivity contribution >= 4 is 19.8 Å². The highest BCUT2D eigenvalue weighted by molar-refractivity contribution is 7.45. The first-order chi connectivity index (χ1) is 9.62. The fourth-order valence-electron chi connectivity index (χ4n) is 0.915. The number of phosphoric acid groups is 1. The van der Waals surface area contributed by atoms with Crippen molar-refractivity contribution in [3.8, 4) is 0 Å². The minimum atomic E-state index is -4.75. The van der Waals surface area contributed by atoms with Gasteiger partial charge in [-0.2, -0.15) is 0 Å². The molecular weight excluding hydrogens is 311 g/mol. The molecule has 0 bridgehead atoms. The van der Waals surface area contributed by atoms with Crippen LogP contribution in [0.5, 0.6) is 0 Å². The van der Waals surface area contributed by atoms with E-state index >= 15 is 0 Å². The van der Waals surface area contributed by atoms with Crippen LogP contribution in [0.4, 0.5) is 0 Å². The van der Waals surface area contributed by atoms with Crippen LogP contribution in [0.2, 0.25) is 0 Å². The molecule has 0 aromatic heterocycles. The number of ether oxygens (including phenoxy) is 2. The van der Waals surface area contributed by atoms with Crippen LogP contribution in [0, 0.1) is 0 Å². The zero-order valence-electron chi connectivity index (χ0n) is 11.6. The number of esters is 2. The number of aliphatic hydroxyl groups is 2. The Morgan fingerprint density at radius 3 is 1.57 bits per heavy atom. The standard InChI is InChI=1S/C10H19O10P/c1-7(11)17-3-9(13)5-19-21(15,16)20-6-10(14)4-18-8(2)12/h9-10,13-14H,3-6H2,1-2H3,(H,15,16)/p-1. The normalized spacial score (nSPS) is 16.6. The quantitative estimate of drug-likeness (QED) is 0.351. The van der Waals surface area contributed by atoms with Gasteiger partial charge in [-0.1, -0.05) is 0 Å². The molecule has 0 aliphatic carbocycles. The lowest BCUT2D eigenvalue weighted by atomic mass is 10.4. The second-order valence-electron chi connectivity index (χ2n) is 3.95. The van der Waals surface area contributed by atoms with Gasteiger partial charge in [-0.25, -0.2) is 0 Å². The lowest BCUT2D eigenvalue weighted by molar-refractivity contribution is -0.229. The van der Waals surface area contributed by atoms with Crippen molar-refractivity contribution in [3.63, 3.8) is 0 Å². The molecule has 2 unspecified atom stereocenters. The summed E-state index contributed by atoms with van der Waals surface area (Å²) in [5.74, 6) is -1.27. The van der Waals surface area contributed by atoms with Gasteiger partial charge in [0.2, 0.25) is 0 Å². The van der Waals surface area contributed by atoms with Gasteiger partial charge >= 0.3 is 11.9 Å². The van der Waals surface area contributed by atoms with Gasteiger partial charge in [0.1, 0.15) is 25.4 Å². The van der Waals surface area contributed by atoms with E-state index in [1.807, 2.05) is 0 Å². The molecule has 0 aromatic carbocycles. The van der Waals surface area contributed by atoms with Crippen molar-refractivity contribution in [2.75, 3.05) is 26.4 Å². The zero-order valence-corrected chi connectivity index (χ0v) is 12.5. The molecule has 0 saturated heterocycles. The predicted octanol–water partition coefficient (Wildman–Crippen LogP) is -1.66. The molecule has 0 aromatic rings. The Morgan fingerprint density at radius 1 is 0.952 bits per heavy atom. The molecule has 124 valence electrons. The van der Waals surface area contributed by atoms with E-state index < -0.39 is 58.4 Å². The van der Waals surface area contributed by atoms with E-state index in [4.69, 9.17) is 0 Å². The Morgan fingerprint density at radius 2 is 1.29 bits per heavy atom. The monoisotopic (exact) mass is 329 g/mol. The van der Waals surface area contributed by atoms with Crippen molar-refractivity contribution in [3.05, 3.63) is 0 Å². The van der Waals surface area contributed by atoms with E-state index in [-0.39, 0.29) is 0 Å². The Balaban J connectivity index is 3.94. The van der Waals surface area contributed by atoms with E-state index in [0.717, 1.165) is 13.8 Å². The minimum absolute atomic E-state index is 0.426. The van der Waals surface area contributed by atoms with Gasteiger partial charge < -0.3 is 33.6 Å². The number of phosphoric ester groups is 1. The average Bonchev–Trinajstić information content (AvgIpc) is 2.38. The fourth-order valence-corrected chi connectivity index (χ4v) is 1.70. The predicted molar refractivity (Wildman–Crippen MR) is 64.8 cm³/mol. The lowest BCUT2D eigenvalue weighted by Gasteiger charge is -2.25. The third-order valence-corrected chi connectivity index (χ3v) is 2.74. The number of carbonyl (C=O) groups is 2. The summed E-state index contributed by atoms with van der Waals surface area (Å²) in [4.78, 5) is 32.2. The Kier molecular flexibility index (Phi) is 9.34. The highest BCUT2D eigenvalue weighted by atomic mass is 31.2. The van der Waals surface area contributed by atoms with Crippen LogP contribution in [0.1, 0.15) is 13.8 Å². The summed E-state index contributed by atoms with van der Waals surface area (Å²) in [7, 11) is -4.75. The van der Waals surface area contributed by atoms with Crippen molar-refractivity contribution in [2.24, 2.45) is 0 Å². The van der Waals surface area contributed by atoms with Gasteiger partial charge in [0.05, 0.1) is 13.2 Å². The second kappa shape index (κ2) is 9.82. The highest BCUT2D eigenvalue weighted by Gasteiger charge is 2.16. The van der Waals surface area contributed by atoms with Crippen LogP contribution in [0.25, 0.3) is 0 Å². The molecule has 0 heterocycles. The maximum Gasteiger partial charge on any atom is 0.302 e. The summed E-state index contributed by atoms with van der Waals surface area (Å²) in [6, 6.07) is 0. The minimum Gasteiger partial charge on any atom is -0.756 e. The fraction of sp³-hybridized carbons (Fsp3) is 0.800. The number of hydrogen-bond donors (Lipinski definition) is 2. The molecule has 2 N–H and O–H groups in total. The molecule has 0 radical (unpaired) electrons. The number of carbonyl (C=O) groups excluding carboxylic acids is 2. The summed E-state index contributed by atoms with van der Waals surface area (Å²) < 4.78 is 28.8. The average molecular weight is 329 g/mol. The van der Waals surface area contributed by atoms with Crippen LogP contribution in [-0.2, 0) is 32.7 Å². The van der Waals surface area contributed by atoms with Crippen LogP contribution >= 0.6 is 7.82 Å². The van der Waals surface area contributed by atoms with Gasteiger partial charge in [-0.05, 0) is 0 Å². The molecule has 0 spiro atoms. The third kappa shape index (κ3) is 12.4. The Labute approximate surface area is 121 Å². The summed E-state index contributed by atoms with van der Waals surface area (Å²) in [5, 5.41) is 18.5. The first-order valence-corrected chi connectivity index (χ1v) is 7.31. The Bertz CT molecular complexity index is 352. The summed E-state index contributed by atoms with van der Waals surface area (Å²) in [5.41, 5.74) is 0. The molecule has 0 amide bonds. The first-order valence-electron chi connectivity index (χ1n) is 5.85. The topological polar surface area (TPSA) is 152 Å². The van der Waals surface area contributed by atoms with Gasteiger partial charge in [0.25, 0.3) is 7.82 Å².